The highest BCUT2D eigenvalue weighted by molar-refractivity contribution is 7.89. The molecule has 14 heavy (non-hydrogen) atoms. The molecule has 0 heterocycles. The minimum atomic E-state index is -3.13. The fourth-order valence-electron chi connectivity index (χ4n) is 1.27. The van der Waals surface area contributed by atoms with Crippen LogP contribution < -0.4 is 10.5 Å². The maximum absolute atomic E-state index is 11.6. The lowest BCUT2D eigenvalue weighted by molar-refractivity contribution is 0.411. The van der Waals surface area contributed by atoms with Gasteiger partial charge in [-0.3, -0.25) is 0 Å². The minimum absolute atomic E-state index is 0.266. The lowest BCUT2D eigenvalue weighted by atomic mass is 10.0. The van der Waals surface area contributed by atoms with Gasteiger partial charge in [-0.15, -0.1) is 0 Å². The van der Waals surface area contributed by atoms with Gasteiger partial charge >= 0.3 is 0 Å². The quantitative estimate of drug-likeness (QED) is 0.682. The van der Waals surface area contributed by atoms with Gasteiger partial charge in [0.25, 0.3) is 0 Å². The molecule has 0 aromatic rings. The van der Waals surface area contributed by atoms with Crippen LogP contribution in [-0.4, -0.2) is 26.3 Å². The summed E-state index contributed by atoms with van der Waals surface area (Å²) in [6, 6.07) is 0. The first kappa shape index (κ1) is 11.9. The fourth-order valence-corrected chi connectivity index (χ4v) is 3.29. The van der Waals surface area contributed by atoms with Crippen molar-refractivity contribution in [1.29, 1.82) is 0 Å². The van der Waals surface area contributed by atoms with Crippen molar-refractivity contribution in [2.24, 2.45) is 11.7 Å². The summed E-state index contributed by atoms with van der Waals surface area (Å²) in [5.41, 5.74) is 5.07. The number of hydrogen-bond acceptors (Lipinski definition) is 3. The van der Waals surface area contributed by atoms with Gasteiger partial charge in [0.05, 0.1) is 5.75 Å². The molecular weight excluding hydrogens is 200 g/mol. The summed E-state index contributed by atoms with van der Waals surface area (Å²) in [6.07, 6.45) is 2.81. The third-order valence-corrected chi connectivity index (χ3v) is 4.50. The molecule has 1 fully saturated rings. The van der Waals surface area contributed by atoms with Gasteiger partial charge in [0.1, 0.15) is 0 Å². The molecule has 0 radical (unpaired) electrons. The van der Waals surface area contributed by atoms with Crippen molar-refractivity contribution < 1.29 is 8.42 Å². The van der Waals surface area contributed by atoms with Gasteiger partial charge in [0.15, 0.2) is 0 Å². The third kappa shape index (κ3) is 3.55. The highest BCUT2D eigenvalue weighted by Gasteiger charge is 2.32. The van der Waals surface area contributed by atoms with Gasteiger partial charge in [-0.25, -0.2) is 13.1 Å². The lowest BCUT2D eigenvalue weighted by Crippen LogP contribution is -2.51. The Labute approximate surface area is 86.3 Å². The highest BCUT2D eigenvalue weighted by Crippen LogP contribution is 2.30. The number of nitrogens with one attached hydrogen (secondary N) is 1. The van der Waals surface area contributed by atoms with Crippen molar-refractivity contribution in [3.8, 4) is 0 Å². The molecule has 0 aliphatic heterocycles. The van der Waals surface area contributed by atoms with Crippen molar-refractivity contribution in [2.75, 3.05) is 12.3 Å². The van der Waals surface area contributed by atoms with Gasteiger partial charge < -0.3 is 5.73 Å². The van der Waals surface area contributed by atoms with Gasteiger partial charge in [-0.1, -0.05) is 6.92 Å². The normalized spacial score (nSPS) is 21.9. The van der Waals surface area contributed by atoms with E-state index in [2.05, 4.69) is 4.72 Å². The van der Waals surface area contributed by atoms with Gasteiger partial charge in [-0.05, 0) is 32.1 Å². The molecule has 1 rings (SSSR count). The average Bonchev–Trinajstić information content (AvgIpc) is 2.86. The van der Waals surface area contributed by atoms with E-state index in [9.17, 15) is 8.42 Å². The van der Waals surface area contributed by atoms with Gasteiger partial charge in [0.2, 0.25) is 10.0 Å². The van der Waals surface area contributed by atoms with E-state index in [-0.39, 0.29) is 5.75 Å². The molecule has 5 heteroatoms. The van der Waals surface area contributed by atoms with E-state index in [1.54, 1.807) is 0 Å². The standard InChI is InChI=1S/C9H20N2O2S/c1-3-9(2,7-10)11-14(12,13)6-8-4-5-8/h8,11H,3-7,10H2,1-2H3. The third-order valence-electron chi connectivity index (χ3n) is 2.78. The second-order valence-electron chi connectivity index (χ2n) is 4.45. The second kappa shape index (κ2) is 4.16. The summed E-state index contributed by atoms with van der Waals surface area (Å²) in [6.45, 7) is 4.12. The number of nitrogens with two attached hydrogens (primary N) is 1. The first-order chi connectivity index (χ1) is 6.41. The smallest absolute Gasteiger partial charge is 0.212 e. The fraction of sp³-hybridized carbons (Fsp3) is 1.00. The van der Waals surface area contributed by atoms with Gasteiger partial charge in [0, 0.05) is 12.1 Å². The largest absolute Gasteiger partial charge is 0.329 e. The Bertz CT molecular complexity index is 279. The van der Waals surface area contributed by atoms with E-state index in [0.717, 1.165) is 12.8 Å². The Kier molecular flexibility index (Phi) is 3.55. The van der Waals surface area contributed by atoms with Crippen molar-refractivity contribution in [3.05, 3.63) is 0 Å². The Morgan fingerprint density at radius 2 is 2.07 bits per heavy atom. The zero-order valence-corrected chi connectivity index (χ0v) is 9.73. The van der Waals surface area contributed by atoms with Crippen molar-refractivity contribution in [3.63, 3.8) is 0 Å². The molecule has 0 bridgehead atoms. The van der Waals surface area contributed by atoms with Crippen molar-refractivity contribution in [2.45, 2.75) is 38.6 Å². The average molecular weight is 220 g/mol. The number of rotatable bonds is 6. The van der Waals surface area contributed by atoms with Crippen LogP contribution in [0.1, 0.15) is 33.1 Å². The van der Waals surface area contributed by atoms with E-state index in [1.807, 2.05) is 13.8 Å². The number of sulfonamides is 1. The zero-order chi connectivity index (χ0) is 10.8. The second-order valence-corrected chi connectivity index (χ2v) is 6.21. The minimum Gasteiger partial charge on any atom is -0.329 e. The Hall–Kier alpha value is -0.130. The topological polar surface area (TPSA) is 72.2 Å². The maximum atomic E-state index is 11.6. The summed E-state index contributed by atoms with van der Waals surface area (Å²) >= 11 is 0. The Morgan fingerprint density at radius 1 is 1.50 bits per heavy atom. The molecule has 0 aromatic carbocycles. The molecule has 1 aliphatic carbocycles. The summed E-state index contributed by atoms with van der Waals surface area (Å²) in [4.78, 5) is 0. The Balaban J connectivity index is 2.55. The number of hydrogen-bond donors (Lipinski definition) is 2. The predicted octanol–water partition coefficient (Wildman–Crippen LogP) is 0.443. The van der Waals surface area contributed by atoms with Crippen LogP contribution in [0.4, 0.5) is 0 Å². The lowest BCUT2D eigenvalue weighted by Gasteiger charge is -2.27. The summed E-state index contributed by atoms with van der Waals surface area (Å²) in [7, 11) is -3.13. The SMILES string of the molecule is CCC(C)(CN)NS(=O)(=O)CC1CC1. The molecule has 1 unspecified atom stereocenters. The molecule has 0 spiro atoms. The Morgan fingerprint density at radius 3 is 2.43 bits per heavy atom. The van der Waals surface area contributed by atoms with Crippen LogP contribution in [0.3, 0.4) is 0 Å². The molecule has 84 valence electrons. The van der Waals surface area contributed by atoms with E-state index in [4.69, 9.17) is 5.73 Å². The van der Waals surface area contributed by atoms with E-state index in [0.29, 0.717) is 18.9 Å². The molecule has 0 amide bonds. The van der Waals surface area contributed by atoms with E-state index in [1.165, 1.54) is 0 Å². The molecule has 4 nitrogen and oxygen atoms in total. The van der Waals surface area contributed by atoms with Crippen molar-refractivity contribution in [1.82, 2.24) is 4.72 Å². The van der Waals surface area contributed by atoms with E-state index < -0.39 is 15.6 Å². The monoisotopic (exact) mass is 220 g/mol. The van der Waals surface area contributed by atoms with Gasteiger partial charge in [-0.2, -0.15) is 0 Å². The first-order valence-corrected chi connectivity index (χ1v) is 6.78. The molecule has 0 saturated heterocycles. The summed E-state index contributed by atoms with van der Waals surface area (Å²) in [5.74, 6) is 0.647. The summed E-state index contributed by atoms with van der Waals surface area (Å²) in [5, 5.41) is 0. The molecule has 0 aromatic heterocycles. The molecule has 1 saturated carbocycles. The van der Waals surface area contributed by atoms with Crippen LogP contribution in [-0.2, 0) is 10.0 Å². The van der Waals surface area contributed by atoms with Crippen LogP contribution in [0.15, 0.2) is 0 Å². The molecular formula is C9H20N2O2S. The van der Waals surface area contributed by atoms with Crippen LogP contribution in [0.25, 0.3) is 0 Å². The molecule has 1 atom stereocenters. The molecule has 3 N–H and O–H groups in total. The molecule has 1 aliphatic rings. The zero-order valence-electron chi connectivity index (χ0n) is 8.91. The van der Waals surface area contributed by atoms with Crippen LogP contribution in [0, 0.1) is 5.92 Å². The van der Waals surface area contributed by atoms with Crippen LogP contribution >= 0.6 is 0 Å². The first-order valence-electron chi connectivity index (χ1n) is 5.12. The van der Waals surface area contributed by atoms with Crippen LogP contribution in [0.5, 0.6) is 0 Å². The summed E-state index contributed by atoms with van der Waals surface area (Å²) < 4.78 is 26.0. The van der Waals surface area contributed by atoms with E-state index >= 15 is 0 Å². The van der Waals surface area contributed by atoms with Crippen LogP contribution in [0.2, 0.25) is 0 Å². The predicted molar refractivity (Wildman–Crippen MR) is 57.4 cm³/mol. The highest BCUT2D eigenvalue weighted by atomic mass is 32.2. The van der Waals surface area contributed by atoms with Crippen molar-refractivity contribution >= 4 is 10.0 Å². The maximum Gasteiger partial charge on any atom is 0.212 e.